The van der Waals surface area contributed by atoms with Gasteiger partial charge in [-0.25, -0.2) is 4.79 Å². The van der Waals surface area contributed by atoms with Crippen LogP contribution in [0.2, 0.25) is 5.02 Å². The number of aryl methyl sites for hydroxylation is 1. The molecular formula is C16H17ClN2O3S. The van der Waals surface area contributed by atoms with Gasteiger partial charge in [-0.3, -0.25) is 9.69 Å². The van der Waals surface area contributed by atoms with E-state index >= 15 is 0 Å². The number of aromatic carboxylic acids is 1. The zero-order valence-corrected chi connectivity index (χ0v) is 14.4. The molecule has 0 radical (unpaired) electrons. The number of rotatable bonds is 3. The summed E-state index contributed by atoms with van der Waals surface area (Å²) < 4.78 is 1.79. The van der Waals surface area contributed by atoms with Crippen LogP contribution in [0, 0.1) is 0 Å². The van der Waals surface area contributed by atoms with Crippen LogP contribution < -0.4 is 5.43 Å². The number of aromatic nitrogens is 1. The highest BCUT2D eigenvalue weighted by Gasteiger charge is 2.26. The maximum absolute atomic E-state index is 12.4. The molecule has 0 spiro atoms. The van der Waals surface area contributed by atoms with Gasteiger partial charge in [-0.2, -0.15) is 0 Å². The number of benzene rings is 1. The van der Waals surface area contributed by atoms with E-state index in [-0.39, 0.29) is 10.9 Å². The van der Waals surface area contributed by atoms with E-state index in [4.69, 9.17) is 11.6 Å². The Hall–Kier alpha value is -1.50. The van der Waals surface area contributed by atoms with Gasteiger partial charge in [0.15, 0.2) is 0 Å². The number of hydrogen-bond acceptors (Lipinski definition) is 4. The summed E-state index contributed by atoms with van der Waals surface area (Å²) in [6.45, 7) is 3.48. The van der Waals surface area contributed by atoms with Gasteiger partial charge in [0, 0.05) is 41.0 Å². The maximum atomic E-state index is 12.4. The van der Waals surface area contributed by atoms with Crippen LogP contribution in [0.3, 0.4) is 0 Å². The summed E-state index contributed by atoms with van der Waals surface area (Å²) in [5, 5.41) is 10.2. The molecule has 1 fully saturated rings. The van der Waals surface area contributed by atoms with Crippen molar-refractivity contribution >= 4 is 40.2 Å². The predicted octanol–water partition coefficient (Wildman–Crippen LogP) is 3.05. The molecule has 2 aromatic rings. The lowest BCUT2D eigenvalue weighted by atomic mass is 10.1. The van der Waals surface area contributed by atoms with E-state index < -0.39 is 11.4 Å². The minimum atomic E-state index is -1.22. The smallest absolute Gasteiger partial charge is 0.341 e. The summed E-state index contributed by atoms with van der Waals surface area (Å²) in [7, 11) is 2.05. The number of halogens is 1. The Labute approximate surface area is 142 Å². The quantitative estimate of drug-likeness (QED) is 0.919. The lowest BCUT2D eigenvalue weighted by Crippen LogP contribution is -2.20. The van der Waals surface area contributed by atoms with Crippen molar-refractivity contribution in [1.82, 2.24) is 9.47 Å². The van der Waals surface area contributed by atoms with E-state index in [1.165, 1.54) is 6.20 Å². The molecule has 1 aliphatic heterocycles. The first kappa shape index (κ1) is 16.4. The third kappa shape index (κ3) is 2.75. The minimum Gasteiger partial charge on any atom is -0.477 e. The van der Waals surface area contributed by atoms with Crippen LogP contribution in [0.15, 0.2) is 23.1 Å². The Morgan fingerprint density at radius 2 is 2.22 bits per heavy atom. The summed E-state index contributed by atoms with van der Waals surface area (Å²) in [5.41, 5.74) is 0.977. The SMILES string of the molecule is CCn1cc(C(=O)O)c(=O)c2cc(Cl)c(C3SCCN3C)cc21. The molecule has 3 rings (SSSR count). The van der Waals surface area contributed by atoms with E-state index in [0.717, 1.165) is 23.4 Å². The van der Waals surface area contributed by atoms with Crippen LogP contribution in [0.25, 0.3) is 10.9 Å². The fourth-order valence-corrected chi connectivity index (χ4v) is 4.59. The first-order valence-electron chi connectivity index (χ1n) is 7.35. The Morgan fingerprint density at radius 1 is 1.48 bits per heavy atom. The van der Waals surface area contributed by atoms with E-state index in [9.17, 15) is 14.7 Å². The Kier molecular flexibility index (Phi) is 4.40. The second kappa shape index (κ2) is 6.19. The Balaban J connectivity index is 2.29. The van der Waals surface area contributed by atoms with E-state index in [2.05, 4.69) is 4.90 Å². The molecule has 1 N–H and O–H groups in total. The molecule has 1 aromatic carbocycles. The normalized spacial score (nSPS) is 18.7. The molecule has 0 saturated carbocycles. The summed E-state index contributed by atoms with van der Waals surface area (Å²) in [6.07, 6.45) is 1.41. The summed E-state index contributed by atoms with van der Waals surface area (Å²) in [4.78, 5) is 25.9. The molecule has 122 valence electrons. The predicted molar refractivity (Wildman–Crippen MR) is 93.7 cm³/mol. The third-order valence-corrected chi connectivity index (χ3v) is 5.83. The van der Waals surface area contributed by atoms with Gasteiger partial charge >= 0.3 is 5.97 Å². The average molecular weight is 353 g/mol. The molecule has 5 nitrogen and oxygen atoms in total. The number of fused-ring (bicyclic) bond motifs is 1. The topological polar surface area (TPSA) is 62.5 Å². The maximum Gasteiger partial charge on any atom is 0.341 e. The summed E-state index contributed by atoms with van der Waals surface area (Å²) in [5.74, 6) is -0.181. The zero-order chi connectivity index (χ0) is 16.7. The molecule has 0 bridgehead atoms. The van der Waals surface area contributed by atoms with Crippen molar-refractivity contribution in [1.29, 1.82) is 0 Å². The first-order valence-corrected chi connectivity index (χ1v) is 8.78. The van der Waals surface area contributed by atoms with Crippen LogP contribution in [-0.4, -0.2) is 39.9 Å². The number of hydrogen-bond donors (Lipinski definition) is 1. The van der Waals surface area contributed by atoms with Crippen LogP contribution in [0.4, 0.5) is 0 Å². The van der Waals surface area contributed by atoms with Crippen molar-refractivity contribution in [2.45, 2.75) is 18.8 Å². The molecule has 1 saturated heterocycles. The monoisotopic (exact) mass is 352 g/mol. The van der Waals surface area contributed by atoms with Crippen LogP contribution >= 0.6 is 23.4 Å². The highest BCUT2D eigenvalue weighted by Crippen LogP contribution is 2.40. The van der Waals surface area contributed by atoms with Crippen molar-refractivity contribution in [2.75, 3.05) is 19.3 Å². The molecule has 1 aliphatic rings. The number of carboxylic acid groups (broad SMARTS) is 1. The number of nitrogens with zero attached hydrogens (tertiary/aromatic N) is 2. The van der Waals surface area contributed by atoms with Gasteiger partial charge in [-0.05, 0) is 26.1 Å². The standard InChI is InChI=1S/C16H17ClN2O3S/c1-3-19-8-11(16(21)22)14(20)10-6-12(17)9(7-13(10)19)15-18(2)4-5-23-15/h6-8,15H,3-5H2,1-2H3,(H,21,22). The van der Waals surface area contributed by atoms with Gasteiger partial charge in [0.05, 0.1) is 10.9 Å². The number of carbonyl (C=O) groups is 1. The molecule has 0 amide bonds. The largest absolute Gasteiger partial charge is 0.477 e. The van der Waals surface area contributed by atoms with Crippen LogP contribution in [-0.2, 0) is 6.54 Å². The number of thioether (sulfide) groups is 1. The second-order valence-corrected chi connectivity index (χ2v) is 7.15. The van der Waals surface area contributed by atoms with Gasteiger partial charge in [-0.15, -0.1) is 11.8 Å². The highest BCUT2D eigenvalue weighted by molar-refractivity contribution is 7.99. The molecule has 23 heavy (non-hydrogen) atoms. The Bertz CT molecular complexity index is 849. The molecule has 1 atom stereocenters. The van der Waals surface area contributed by atoms with E-state index in [0.29, 0.717) is 17.0 Å². The van der Waals surface area contributed by atoms with Crippen LogP contribution in [0.5, 0.6) is 0 Å². The van der Waals surface area contributed by atoms with Gasteiger partial charge in [0.25, 0.3) is 0 Å². The molecule has 1 unspecified atom stereocenters. The Morgan fingerprint density at radius 3 is 2.78 bits per heavy atom. The van der Waals surface area contributed by atoms with Crippen molar-refractivity contribution in [3.63, 3.8) is 0 Å². The van der Waals surface area contributed by atoms with Gasteiger partial charge < -0.3 is 9.67 Å². The fourth-order valence-electron chi connectivity index (χ4n) is 2.91. The zero-order valence-electron chi connectivity index (χ0n) is 12.9. The van der Waals surface area contributed by atoms with Gasteiger partial charge in [-0.1, -0.05) is 11.6 Å². The van der Waals surface area contributed by atoms with Crippen molar-refractivity contribution in [3.05, 3.63) is 44.7 Å². The lowest BCUT2D eigenvalue weighted by molar-refractivity contribution is 0.0695. The molecule has 2 heterocycles. The van der Waals surface area contributed by atoms with Crippen molar-refractivity contribution in [3.8, 4) is 0 Å². The van der Waals surface area contributed by atoms with Crippen molar-refractivity contribution < 1.29 is 9.90 Å². The van der Waals surface area contributed by atoms with Crippen molar-refractivity contribution in [2.24, 2.45) is 0 Å². The highest BCUT2D eigenvalue weighted by atomic mass is 35.5. The van der Waals surface area contributed by atoms with Gasteiger partial charge in [0.1, 0.15) is 5.56 Å². The average Bonchev–Trinajstić information content (AvgIpc) is 2.93. The minimum absolute atomic E-state index is 0.159. The number of carboxylic acids is 1. The second-order valence-electron chi connectivity index (χ2n) is 5.56. The molecule has 1 aromatic heterocycles. The van der Waals surface area contributed by atoms with E-state index in [1.807, 2.05) is 31.8 Å². The fraction of sp³-hybridized carbons (Fsp3) is 0.375. The van der Waals surface area contributed by atoms with Gasteiger partial charge in [0.2, 0.25) is 5.43 Å². The third-order valence-electron chi connectivity index (χ3n) is 4.16. The lowest BCUT2D eigenvalue weighted by Gasteiger charge is -2.21. The first-order chi connectivity index (χ1) is 10.9. The van der Waals surface area contributed by atoms with E-state index in [1.54, 1.807) is 10.6 Å². The molecule has 0 aliphatic carbocycles. The molecule has 7 heteroatoms. The summed E-state index contributed by atoms with van der Waals surface area (Å²) in [6, 6.07) is 3.54. The van der Waals surface area contributed by atoms with Crippen LogP contribution in [0.1, 0.15) is 28.2 Å². The number of pyridine rings is 1. The summed E-state index contributed by atoms with van der Waals surface area (Å²) >= 11 is 8.22. The molecular weight excluding hydrogens is 336 g/mol.